The molecule has 0 spiro atoms. The SMILES string of the molecule is CCc1c(C(=O)N2CCOC(C)C2)cnn1-c1cccc(C)c1. The van der Waals surface area contributed by atoms with Crippen LogP contribution in [0.15, 0.2) is 30.5 Å². The summed E-state index contributed by atoms with van der Waals surface area (Å²) in [6, 6.07) is 8.16. The molecule has 1 saturated heterocycles. The van der Waals surface area contributed by atoms with Crippen molar-refractivity contribution in [3.63, 3.8) is 0 Å². The van der Waals surface area contributed by atoms with Gasteiger partial charge in [0.25, 0.3) is 5.91 Å². The van der Waals surface area contributed by atoms with Crippen LogP contribution in [0.3, 0.4) is 0 Å². The molecule has 1 atom stereocenters. The summed E-state index contributed by atoms with van der Waals surface area (Å²) in [5, 5.41) is 4.47. The first-order valence-corrected chi connectivity index (χ1v) is 8.15. The van der Waals surface area contributed by atoms with Gasteiger partial charge in [-0.2, -0.15) is 5.10 Å². The Labute approximate surface area is 136 Å². The van der Waals surface area contributed by atoms with Crippen LogP contribution in [0.25, 0.3) is 5.69 Å². The molecule has 1 fully saturated rings. The number of carbonyl (C=O) groups is 1. The molecule has 1 aliphatic heterocycles. The van der Waals surface area contributed by atoms with E-state index in [0.29, 0.717) is 25.3 Å². The molecule has 0 aliphatic carbocycles. The fraction of sp³-hybridized carbons (Fsp3) is 0.444. The third-order valence-electron chi connectivity index (χ3n) is 4.21. The van der Waals surface area contributed by atoms with E-state index in [2.05, 4.69) is 31.1 Å². The van der Waals surface area contributed by atoms with Gasteiger partial charge in [-0.05, 0) is 38.0 Å². The van der Waals surface area contributed by atoms with Crippen molar-refractivity contribution in [3.05, 3.63) is 47.3 Å². The lowest BCUT2D eigenvalue weighted by Crippen LogP contribution is -2.44. The Morgan fingerprint density at radius 1 is 1.43 bits per heavy atom. The van der Waals surface area contributed by atoms with E-state index in [1.807, 2.05) is 28.6 Å². The molecule has 0 N–H and O–H groups in total. The van der Waals surface area contributed by atoms with Crippen LogP contribution in [0.5, 0.6) is 0 Å². The molecule has 0 saturated carbocycles. The van der Waals surface area contributed by atoms with E-state index in [0.717, 1.165) is 17.8 Å². The van der Waals surface area contributed by atoms with Crippen molar-refractivity contribution < 1.29 is 9.53 Å². The highest BCUT2D eigenvalue weighted by atomic mass is 16.5. The van der Waals surface area contributed by atoms with Gasteiger partial charge in [0.1, 0.15) is 0 Å². The second-order valence-corrected chi connectivity index (χ2v) is 6.04. The molecule has 0 radical (unpaired) electrons. The van der Waals surface area contributed by atoms with E-state index in [4.69, 9.17) is 4.74 Å². The monoisotopic (exact) mass is 313 g/mol. The number of ether oxygens (including phenoxy) is 1. The summed E-state index contributed by atoms with van der Waals surface area (Å²) in [6.07, 6.45) is 2.54. The van der Waals surface area contributed by atoms with Crippen molar-refractivity contribution >= 4 is 5.91 Å². The van der Waals surface area contributed by atoms with E-state index in [1.165, 1.54) is 5.56 Å². The first-order chi connectivity index (χ1) is 11.1. The lowest BCUT2D eigenvalue weighted by Gasteiger charge is -2.31. The summed E-state index contributed by atoms with van der Waals surface area (Å²) >= 11 is 0. The van der Waals surface area contributed by atoms with Crippen LogP contribution >= 0.6 is 0 Å². The number of carbonyl (C=O) groups excluding carboxylic acids is 1. The van der Waals surface area contributed by atoms with Gasteiger partial charge < -0.3 is 9.64 Å². The van der Waals surface area contributed by atoms with E-state index >= 15 is 0 Å². The molecular weight excluding hydrogens is 290 g/mol. The van der Waals surface area contributed by atoms with Gasteiger partial charge >= 0.3 is 0 Å². The maximum atomic E-state index is 12.9. The molecule has 122 valence electrons. The third kappa shape index (κ3) is 3.15. The summed E-state index contributed by atoms with van der Waals surface area (Å²) in [4.78, 5) is 14.7. The van der Waals surface area contributed by atoms with E-state index in [9.17, 15) is 4.79 Å². The van der Waals surface area contributed by atoms with Crippen LogP contribution in [0.2, 0.25) is 0 Å². The number of morpholine rings is 1. The largest absolute Gasteiger partial charge is 0.375 e. The van der Waals surface area contributed by atoms with Gasteiger partial charge in [0.05, 0.1) is 35.9 Å². The maximum absolute atomic E-state index is 12.9. The van der Waals surface area contributed by atoms with Crippen molar-refractivity contribution in [2.75, 3.05) is 19.7 Å². The van der Waals surface area contributed by atoms with E-state index < -0.39 is 0 Å². The first kappa shape index (κ1) is 15.7. The number of rotatable bonds is 3. The summed E-state index contributed by atoms with van der Waals surface area (Å²) in [6.45, 7) is 7.98. The molecule has 1 aliphatic rings. The predicted molar refractivity (Wildman–Crippen MR) is 89.0 cm³/mol. The molecule has 2 aromatic rings. The van der Waals surface area contributed by atoms with Crippen molar-refractivity contribution in [1.82, 2.24) is 14.7 Å². The zero-order chi connectivity index (χ0) is 16.4. The van der Waals surface area contributed by atoms with Gasteiger partial charge in [0.15, 0.2) is 0 Å². The Bertz CT molecular complexity index is 708. The van der Waals surface area contributed by atoms with Crippen molar-refractivity contribution in [3.8, 4) is 5.69 Å². The minimum absolute atomic E-state index is 0.0518. The summed E-state index contributed by atoms with van der Waals surface area (Å²) < 4.78 is 7.40. The molecular formula is C18H23N3O2. The first-order valence-electron chi connectivity index (χ1n) is 8.15. The molecule has 1 aromatic heterocycles. The van der Waals surface area contributed by atoms with Crippen molar-refractivity contribution in [1.29, 1.82) is 0 Å². The number of hydrogen-bond donors (Lipinski definition) is 0. The highest BCUT2D eigenvalue weighted by Crippen LogP contribution is 2.19. The van der Waals surface area contributed by atoms with E-state index in [-0.39, 0.29) is 12.0 Å². The maximum Gasteiger partial charge on any atom is 0.257 e. The standard InChI is InChI=1S/C18H23N3O2/c1-4-17-16(18(22)20-8-9-23-14(3)12-20)11-19-21(17)15-7-5-6-13(2)10-15/h5-7,10-11,14H,4,8-9,12H2,1-3H3. The summed E-state index contributed by atoms with van der Waals surface area (Å²) in [5.74, 6) is 0.0518. The Hall–Kier alpha value is -2.14. The number of hydrogen-bond acceptors (Lipinski definition) is 3. The molecule has 1 amide bonds. The van der Waals surface area contributed by atoms with Crippen LogP contribution in [0.4, 0.5) is 0 Å². The van der Waals surface area contributed by atoms with Gasteiger partial charge in [0, 0.05) is 13.1 Å². The molecule has 2 heterocycles. The highest BCUT2D eigenvalue weighted by molar-refractivity contribution is 5.95. The molecule has 5 heteroatoms. The number of aryl methyl sites for hydroxylation is 1. The Balaban J connectivity index is 1.93. The lowest BCUT2D eigenvalue weighted by molar-refractivity contribution is -0.0124. The van der Waals surface area contributed by atoms with Gasteiger partial charge in [-0.15, -0.1) is 0 Å². The van der Waals surface area contributed by atoms with Crippen molar-refractivity contribution in [2.24, 2.45) is 0 Å². The van der Waals surface area contributed by atoms with Gasteiger partial charge in [-0.25, -0.2) is 4.68 Å². The topological polar surface area (TPSA) is 47.4 Å². The Kier molecular flexibility index (Phi) is 4.48. The molecule has 1 aromatic carbocycles. The van der Waals surface area contributed by atoms with Crippen LogP contribution in [0.1, 0.15) is 35.5 Å². The molecule has 23 heavy (non-hydrogen) atoms. The minimum Gasteiger partial charge on any atom is -0.375 e. The quantitative estimate of drug-likeness (QED) is 0.875. The lowest BCUT2D eigenvalue weighted by atomic mass is 10.1. The number of nitrogens with zero attached hydrogens (tertiary/aromatic N) is 3. The molecule has 0 bridgehead atoms. The highest BCUT2D eigenvalue weighted by Gasteiger charge is 2.26. The average molecular weight is 313 g/mol. The van der Waals surface area contributed by atoms with Crippen LogP contribution in [-0.4, -0.2) is 46.4 Å². The number of benzene rings is 1. The molecule has 1 unspecified atom stereocenters. The second kappa shape index (κ2) is 6.54. The Morgan fingerprint density at radius 2 is 2.26 bits per heavy atom. The normalized spacial score (nSPS) is 18.2. The van der Waals surface area contributed by atoms with Gasteiger partial charge in [0.2, 0.25) is 0 Å². The van der Waals surface area contributed by atoms with Gasteiger partial charge in [-0.1, -0.05) is 19.1 Å². The summed E-state index contributed by atoms with van der Waals surface area (Å²) in [7, 11) is 0. The fourth-order valence-electron chi connectivity index (χ4n) is 3.05. The smallest absolute Gasteiger partial charge is 0.257 e. The minimum atomic E-state index is 0.0518. The predicted octanol–water partition coefficient (Wildman–Crippen LogP) is 2.60. The summed E-state index contributed by atoms with van der Waals surface area (Å²) in [5.41, 5.74) is 3.83. The number of amides is 1. The zero-order valence-corrected chi connectivity index (χ0v) is 14.0. The zero-order valence-electron chi connectivity index (χ0n) is 14.0. The van der Waals surface area contributed by atoms with Crippen LogP contribution in [0, 0.1) is 6.92 Å². The average Bonchev–Trinajstić information content (AvgIpc) is 2.98. The Morgan fingerprint density at radius 3 is 2.96 bits per heavy atom. The van der Waals surface area contributed by atoms with Crippen LogP contribution < -0.4 is 0 Å². The molecule has 5 nitrogen and oxygen atoms in total. The van der Waals surface area contributed by atoms with Crippen LogP contribution in [-0.2, 0) is 11.2 Å². The van der Waals surface area contributed by atoms with E-state index in [1.54, 1.807) is 6.20 Å². The second-order valence-electron chi connectivity index (χ2n) is 6.04. The third-order valence-corrected chi connectivity index (χ3v) is 4.21. The van der Waals surface area contributed by atoms with Crippen molar-refractivity contribution in [2.45, 2.75) is 33.3 Å². The number of aromatic nitrogens is 2. The fourth-order valence-corrected chi connectivity index (χ4v) is 3.05. The molecule has 3 rings (SSSR count). The van der Waals surface area contributed by atoms with Gasteiger partial charge in [-0.3, -0.25) is 4.79 Å².